The maximum Gasteiger partial charge on any atom is 0.272 e. The van der Waals surface area contributed by atoms with Crippen LogP contribution in [0.3, 0.4) is 0 Å². The molecule has 0 fully saturated rings. The molecule has 0 unspecified atom stereocenters. The molecule has 3 aromatic rings. The van der Waals surface area contributed by atoms with Crippen molar-refractivity contribution in [1.29, 1.82) is 0 Å². The van der Waals surface area contributed by atoms with Gasteiger partial charge in [-0.3, -0.25) is 9.59 Å². The largest absolute Gasteiger partial charge is 0.465 e. The number of hydrogen-bond acceptors (Lipinski definition) is 3. The fourth-order valence-electron chi connectivity index (χ4n) is 2.53. The SMILES string of the molecule is Cc1ccc(NC(=O)/C(=C/c2ccco2)NC(=O)c2ccccc2C)cc1. The van der Waals surface area contributed by atoms with Crippen LogP contribution in [0.1, 0.15) is 27.2 Å². The van der Waals surface area contributed by atoms with Crippen molar-refractivity contribution in [2.75, 3.05) is 5.32 Å². The van der Waals surface area contributed by atoms with Gasteiger partial charge in [0.2, 0.25) is 0 Å². The van der Waals surface area contributed by atoms with Crippen LogP contribution in [0.5, 0.6) is 0 Å². The smallest absolute Gasteiger partial charge is 0.272 e. The van der Waals surface area contributed by atoms with Gasteiger partial charge in [0, 0.05) is 17.3 Å². The number of furan rings is 1. The van der Waals surface area contributed by atoms with Crippen LogP contribution in [0, 0.1) is 13.8 Å². The number of hydrogen-bond donors (Lipinski definition) is 2. The summed E-state index contributed by atoms with van der Waals surface area (Å²) in [6.07, 6.45) is 3.00. The molecule has 1 aromatic heterocycles. The van der Waals surface area contributed by atoms with Crippen LogP contribution in [0.25, 0.3) is 6.08 Å². The number of nitrogens with one attached hydrogen (secondary N) is 2. The standard InChI is InChI=1S/C22H20N2O3/c1-15-9-11-17(12-10-15)23-22(26)20(14-18-7-5-13-27-18)24-21(25)19-8-4-3-6-16(19)2/h3-14H,1-2H3,(H,23,26)(H,24,25)/b20-14-. The Morgan fingerprint density at radius 3 is 2.33 bits per heavy atom. The van der Waals surface area contributed by atoms with Crippen LogP contribution in [0.4, 0.5) is 5.69 Å². The fourth-order valence-corrected chi connectivity index (χ4v) is 2.53. The van der Waals surface area contributed by atoms with Crippen molar-refractivity contribution in [2.45, 2.75) is 13.8 Å². The van der Waals surface area contributed by atoms with Gasteiger partial charge in [0.15, 0.2) is 0 Å². The number of carbonyl (C=O) groups is 2. The summed E-state index contributed by atoms with van der Waals surface area (Å²) in [5.74, 6) is -0.323. The molecule has 0 saturated heterocycles. The van der Waals surface area contributed by atoms with Crippen LogP contribution in [0.2, 0.25) is 0 Å². The Morgan fingerprint density at radius 2 is 1.67 bits per heavy atom. The summed E-state index contributed by atoms with van der Waals surface area (Å²) >= 11 is 0. The molecule has 0 bridgehead atoms. The molecule has 136 valence electrons. The molecule has 0 atom stereocenters. The molecule has 0 saturated carbocycles. The second-order valence-corrected chi connectivity index (χ2v) is 6.16. The number of anilines is 1. The average Bonchev–Trinajstić information content (AvgIpc) is 3.16. The van der Waals surface area contributed by atoms with E-state index < -0.39 is 5.91 Å². The molecule has 2 N–H and O–H groups in total. The average molecular weight is 360 g/mol. The highest BCUT2D eigenvalue weighted by molar-refractivity contribution is 6.10. The first-order valence-electron chi connectivity index (χ1n) is 8.53. The summed E-state index contributed by atoms with van der Waals surface area (Å²) in [4.78, 5) is 25.4. The van der Waals surface area contributed by atoms with Crippen molar-refractivity contribution in [2.24, 2.45) is 0 Å². The van der Waals surface area contributed by atoms with E-state index in [-0.39, 0.29) is 11.6 Å². The summed E-state index contributed by atoms with van der Waals surface area (Å²) in [5, 5.41) is 5.48. The minimum absolute atomic E-state index is 0.0961. The van der Waals surface area contributed by atoms with Crippen LogP contribution in [0.15, 0.2) is 77.0 Å². The van der Waals surface area contributed by atoms with Gasteiger partial charge in [0.05, 0.1) is 6.26 Å². The van der Waals surface area contributed by atoms with Crippen molar-refractivity contribution in [3.05, 3.63) is 95.1 Å². The molecular formula is C22H20N2O3. The van der Waals surface area contributed by atoms with Crippen LogP contribution < -0.4 is 10.6 Å². The van der Waals surface area contributed by atoms with Gasteiger partial charge in [0.1, 0.15) is 11.5 Å². The van der Waals surface area contributed by atoms with Gasteiger partial charge in [-0.2, -0.15) is 0 Å². The molecule has 5 heteroatoms. The zero-order chi connectivity index (χ0) is 19.2. The van der Waals surface area contributed by atoms with E-state index in [1.807, 2.05) is 38.1 Å². The lowest BCUT2D eigenvalue weighted by molar-refractivity contribution is -0.113. The van der Waals surface area contributed by atoms with Crippen LogP contribution >= 0.6 is 0 Å². The van der Waals surface area contributed by atoms with Crippen molar-refractivity contribution < 1.29 is 14.0 Å². The molecule has 3 rings (SSSR count). The molecule has 0 spiro atoms. The van der Waals surface area contributed by atoms with Crippen molar-refractivity contribution in [1.82, 2.24) is 5.32 Å². The third kappa shape index (κ3) is 4.73. The minimum atomic E-state index is -0.433. The second-order valence-electron chi connectivity index (χ2n) is 6.16. The Hall–Kier alpha value is -3.60. The molecule has 5 nitrogen and oxygen atoms in total. The molecule has 2 amide bonds. The normalized spacial score (nSPS) is 11.1. The maximum absolute atomic E-state index is 12.7. The lowest BCUT2D eigenvalue weighted by Crippen LogP contribution is -2.31. The summed E-state index contributed by atoms with van der Waals surface area (Å²) < 4.78 is 5.28. The summed E-state index contributed by atoms with van der Waals surface area (Å²) in [7, 11) is 0. The van der Waals surface area contributed by atoms with Crippen LogP contribution in [-0.2, 0) is 4.79 Å². The zero-order valence-corrected chi connectivity index (χ0v) is 15.2. The summed E-state index contributed by atoms with van der Waals surface area (Å²) in [6, 6.07) is 18.0. The van der Waals surface area contributed by atoms with E-state index >= 15 is 0 Å². The Bertz CT molecular complexity index is 971. The van der Waals surface area contributed by atoms with Gasteiger partial charge in [-0.15, -0.1) is 0 Å². The number of carbonyl (C=O) groups excluding carboxylic acids is 2. The zero-order valence-electron chi connectivity index (χ0n) is 15.2. The fraction of sp³-hybridized carbons (Fsp3) is 0.0909. The van der Waals surface area contributed by atoms with E-state index in [0.717, 1.165) is 11.1 Å². The Balaban J connectivity index is 1.85. The predicted molar refractivity (Wildman–Crippen MR) is 105 cm³/mol. The van der Waals surface area contributed by atoms with Gasteiger partial charge in [-0.1, -0.05) is 35.9 Å². The van der Waals surface area contributed by atoms with Gasteiger partial charge in [0.25, 0.3) is 11.8 Å². The highest BCUT2D eigenvalue weighted by Crippen LogP contribution is 2.13. The van der Waals surface area contributed by atoms with Crippen molar-refractivity contribution in [3.63, 3.8) is 0 Å². The van der Waals surface area contributed by atoms with E-state index in [0.29, 0.717) is 17.0 Å². The maximum atomic E-state index is 12.7. The first-order chi connectivity index (χ1) is 13.0. The molecule has 0 radical (unpaired) electrons. The Labute approximate surface area is 157 Å². The van der Waals surface area contributed by atoms with Crippen molar-refractivity contribution >= 4 is 23.6 Å². The van der Waals surface area contributed by atoms with E-state index in [1.54, 1.807) is 36.4 Å². The molecule has 0 aliphatic rings. The van der Waals surface area contributed by atoms with E-state index in [9.17, 15) is 9.59 Å². The van der Waals surface area contributed by atoms with Gasteiger partial charge in [-0.25, -0.2) is 0 Å². The van der Waals surface area contributed by atoms with Gasteiger partial charge < -0.3 is 15.1 Å². The molecule has 27 heavy (non-hydrogen) atoms. The number of benzene rings is 2. The van der Waals surface area contributed by atoms with Crippen LogP contribution in [-0.4, -0.2) is 11.8 Å². The van der Waals surface area contributed by atoms with Gasteiger partial charge >= 0.3 is 0 Å². The topological polar surface area (TPSA) is 71.3 Å². The second kappa shape index (κ2) is 8.19. The Kier molecular flexibility index (Phi) is 5.52. The highest BCUT2D eigenvalue weighted by atomic mass is 16.3. The van der Waals surface area contributed by atoms with E-state index in [4.69, 9.17) is 4.42 Å². The first-order valence-corrected chi connectivity index (χ1v) is 8.53. The van der Waals surface area contributed by atoms with Crippen molar-refractivity contribution in [3.8, 4) is 0 Å². The monoisotopic (exact) mass is 360 g/mol. The summed E-state index contributed by atoms with van der Waals surface area (Å²) in [5.41, 5.74) is 3.16. The first kappa shape index (κ1) is 18.2. The third-order valence-corrected chi connectivity index (χ3v) is 4.02. The summed E-state index contributed by atoms with van der Waals surface area (Å²) in [6.45, 7) is 3.81. The molecule has 0 aliphatic heterocycles. The third-order valence-electron chi connectivity index (χ3n) is 4.02. The Morgan fingerprint density at radius 1 is 0.926 bits per heavy atom. The lowest BCUT2D eigenvalue weighted by atomic mass is 10.1. The number of aryl methyl sites for hydroxylation is 2. The molecule has 2 aromatic carbocycles. The van der Waals surface area contributed by atoms with E-state index in [1.165, 1.54) is 12.3 Å². The quantitative estimate of drug-likeness (QED) is 0.666. The highest BCUT2D eigenvalue weighted by Gasteiger charge is 2.16. The molecule has 1 heterocycles. The number of amides is 2. The van der Waals surface area contributed by atoms with Gasteiger partial charge in [-0.05, 0) is 49.7 Å². The lowest BCUT2D eigenvalue weighted by Gasteiger charge is -2.12. The predicted octanol–water partition coefficient (Wildman–Crippen LogP) is 4.31. The van der Waals surface area contributed by atoms with E-state index in [2.05, 4.69) is 10.6 Å². The molecular weight excluding hydrogens is 340 g/mol. The molecule has 0 aliphatic carbocycles. The number of rotatable bonds is 5. The minimum Gasteiger partial charge on any atom is -0.465 e.